The molecule has 3 aromatic heterocycles. The number of piperazine rings is 1. The van der Waals surface area contributed by atoms with E-state index in [1.807, 2.05) is 25.4 Å². The number of rotatable bonds is 7. The first-order chi connectivity index (χ1) is 19.9. The summed E-state index contributed by atoms with van der Waals surface area (Å²) in [5.74, 6) is 1.57. The molecule has 13 nitrogen and oxygen atoms in total. The third kappa shape index (κ3) is 5.35. The van der Waals surface area contributed by atoms with E-state index in [1.165, 1.54) is 12.4 Å². The van der Waals surface area contributed by atoms with Gasteiger partial charge in [0.1, 0.15) is 6.33 Å². The summed E-state index contributed by atoms with van der Waals surface area (Å²) < 4.78 is 7.08. The maximum atomic E-state index is 12.8. The normalized spacial score (nSPS) is 17.9. The largest absolute Gasteiger partial charge is 0.372 e. The van der Waals surface area contributed by atoms with Crippen LogP contribution in [0.4, 0.5) is 11.6 Å². The average Bonchev–Trinajstić information content (AvgIpc) is 3.65. The summed E-state index contributed by atoms with van der Waals surface area (Å²) in [6.07, 6.45) is 5.68. The Morgan fingerprint density at radius 2 is 1.95 bits per heavy atom. The first-order valence-electron chi connectivity index (χ1n) is 13.6. The van der Waals surface area contributed by atoms with Gasteiger partial charge in [-0.25, -0.2) is 15.0 Å². The molecule has 2 unspecified atom stereocenters. The number of aromatic nitrogens is 6. The molecule has 4 aromatic rings. The van der Waals surface area contributed by atoms with Crippen LogP contribution < -0.4 is 26.4 Å². The minimum atomic E-state index is -0.377. The lowest BCUT2D eigenvalue weighted by atomic mass is 10.1. The number of nitrogens with two attached hydrogens (primary N) is 1. The molecule has 1 fully saturated rings. The monoisotopic (exact) mass is 555 g/mol. The fourth-order valence-electron chi connectivity index (χ4n) is 5.21. The van der Waals surface area contributed by atoms with E-state index in [-0.39, 0.29) is 17.6 Å². The molecule has 5 heterocycles. The van der Waals surface area contributed by atoms with Crippen LogP contribution in [0.2, 0.25) is 0 Å². The van der Waals surface area contributed by atoms with E-state index in [0.717, 1.165) is 36.7 Å². The molecule has 212 valence electrons. The summed E-state index contributed by atoms with van der Waals surface area (Å²) >= 11 is 0. The van der Waals surface area contributed by atoms with E-state index in [1.54, 1.807) is 23.9 Å². The molecule has 1 saturated heterocycles. The number of anilines is 2. The van der Waals surface area contributed by atoms with E-state index in [9.17, 15) is 4.79 Å². The van der Waals surface area contributed by atoms with Crippen molar-refractivity contribution in [3.8, 4) is 22.8 Å². The van der Waals surface area contributed by atoms with Gasteiger partial charge in [0.05, 0.1) is 24.1 Å². The topological polar surface area (TPSA) is 147 Å². The summed E-state index contributed by atoms with van der Waals surface area (Å²) in [5.41, 5.74) is 10.4. The second-order valence-electron chi connectivity index (χ2n) is 10.4. The Kier molecular flexibility index (Phi) is 7.10. The van der Waals surface area contributed by atoms with E-state index < -0.39 is 0 Å². The van der Waals surface area contributed by atoms with E-state index >= 15 is 0 Å². The van der Waals surface area contributed by atoms with Crippen molar-refractivity contribution in [2.75, 3.05) is 43.2 Å². The van der Waals surface area contributed by atoms with Crippen LogP contribution >= 0.6 is 0 Å². The van der Waals surface area contributed by atoms with Crippen LogP contribution in [0.25, 0.3) is 22.8 Å². The van der Waals surface area contributed by atoms with Gasteiger partial charge in [0.15, 0.2) is 0 Å². The van der Waals surface area contributed by atoms with Gasteiger partial charge < -0.3 is 30.3 Å². The van der Waals surface area contributed by atoms with Crippen LogP contribution in [0.3, 0.4) is 0 Å². The first kappa shape index (κ1) is 26.4. The van der Waals surface area contributed by atoms with Crippen molar-refractivity contribution >= 4 is 11.6 Å². The molecule has 6 rings (SSSR count). The Hall–Kier alpha value is -4.78. The summed E-state index contributed by atoms with van der Waals surface area (Å²) in [7, 11) is 3.77. The Bertz CT molecular complexity index is 1600. The van der Waals surface area contributed by atoms with Crippen LogP contribution in [0.5, 0.6) is 0 Å². The van der Waals surface area contributed by atoms with Crippen LogP contribution in [0.1, 0.15) is 25.3 Å². The summed E-state index contributed by atoms with van der Waals surface area (Å²) in [6.45, 7) is 5.17. The Morgan fingerprint density at radius 3 is 2.66 bits per heavy atom. The highest BCUT2D eigenvalue weighted by atomic mass is 16.5. The zero-order valence-corrected chi connectivity index (χ0v) is 23.3. The fourth-order valence-corrected chi connectivity index (χ4v) is 5.21. The molecule has 0 spiro atoms. The second-order valence-corrected chi connectivity index (χ2v) is 10.4. The van der Waals surface area contributed by atoms with Gasteiger partial charge in [-0.3, -0.25) is 9.36 Å². The highest BCUT2D eigenvalue weighted by Gasteiger charge is 2.28. The van der Waals surface area contributed by atoms with Crippen LogP contribution in [0, 0.1) is 0 Å². The number of nitrogens with one attached hydrogen (secondary N) is 1. The highest BCUT2D eigenvalue weighted by Crippen LogP contribution is 2.27. The van der Waals surface area contributed by atoms with E-state index in [4.69, 9.17) is 15.2 Å². The van der Waals surface area contributed by atoms with Crippen molar-refractivity contribution in [3.05, 3.63) is 77.1 Å². The maximum Gasteiger partial charge on any atom is 0.255 e. The predicted octanol–water partition coefficient (Wildman–Crippen LogP) is 1.73. The molecule has 41 heavy (non-hydrogen) atoms. The predicted molar refractivity (Wildman–Crippen MR) is 155 cm³/mol. The Balaban J connectivity index is 1.13. The smallest absolute Gasteiger partial charge is 0.255 e. The SMILES string of the molecule is CC1CN(c2ccc(-c3noc(C(N)CC4=CNCN4C)n3)cc2)CCN1c1nc(-c2ccncn2)cc(=O)n1C. The zero-order valence-electron chi connectivity index (χ0n) is 23.3. The van der Waals surface area contributed by atoms with E-state index in [0.29, 0.717) is 42.0 Å². The molecule has 13 heteroatoms. The molecule has 2 aliphatic rings. The van der Waals surface area contributed by atoms with Crippen molar-refractivity contribution < 1.29 is 4.52 Å². The molecule has 3 N–H and O–H groups in total. The maximum absolute atomic E-state index is 12.8. The summed E-state index contributed by atoms with van der Waals surface area (Å²) in [5, 5.41) is 7.35. The lowest BCUT2D eigenvalue weighted by Crippen LogP contribution is -2.53. The van der Waals surface area contributed by atoms with Gasteiger partial charge in [0.25, 0.3) is 5.56 Å². The van der Waals surface area contributed by atoms with Gasteiger partial charge in [-0.2, -0.15) is 4.98 Å². The molecule has 0 saturated carbocycles. The molecule has 2 aliphatic heterocycles. The molecular formula is C28H33N11O2. The Labute approximate surface area is 237 Å². The minimum absolute atomic E-state index is 0.118. The zero-order chi connectivity index (χ0) is 28.5. The third-order valence-corrected chi connectivity index (χ3v) is 7.61. The van der Waals surface area contributed by atoms with Gasteiger partial charge >= 0.3 is 0 Å². The van der Waals surface area contributed by atoms with Crippen LogP contribution in [-0.4, -0.2) is 74.0 Å². The number of nitrogens with zero attached hydrogens (tertiary/aromatic N) is 9. The van der Waals surface area contributed by atoms with Crippen molar-refractivity contribution in [1.29, 1.82) is 0 Å². The van der Waals surface area contributed by atoms with Crippen molar-refractivity contribution in [2.24, 2.45) is 12.8 Å². The van der Waals surface area contributed by atoms with Crippen LogP contribution in [-0.2, 0) is 7.05 Å². The van der Waals surface area contributed by atoms with Gasteiger partial charge in [0, 0.05) is 81.6 Å². The summed E-state index contributed by atoms with van der Waals surface area (Å²) in [4.78, 5) is 37.0. The number of hydrogen-bond acceptors (Lipinski definition) is 12. The first-order valence-corrected chi connectivity index (χ1v) is 13.6. The second kappa shape index (κ2) is 11.0. The lowest BCUT2D eigenvalue weighted by molar-refractivity contribution is 0.341. The van der Waals surface area contributed by atoms with Crippen LogP contribution in [0.15, 0.2) is 70.1 Å². The molecule has 1 aromatic carbocycles. The number of benzene rings is 1. The average molecular weight is 556 g/mol. The van der Waals surface area contributed by atoms with Crippen molar-refractivity contribution in [3.63, 3.8) is 0 Å². The Morgan fingerprint density at radius 1 is 1.12 bits per heavy atom. The molecule has 0 bridgehead atoms. The lowest BCUT2D eigenvalue weighted by Gasteiger charge is -2.42. The fraction of sp³-hybridized carbons (Fsp3) is 0.357. The minimum Gasteiger partial charge on any atom is -0.372 e. The molecule has 2 atom stereocenters. The standard InChI is InChI=1S/C28H33N11O2/c1-18-15-38(10-11-39(18)28-33-24(13-25(40)37(28)3)23-8-9-30-16-32-23)20-6-4-19(5-7-20)26-34-27(41-35-26)22(29)12-21-14-31-17-36(21)2/h4-9,13-14,16,18,22,31H,10-12,15,17,29H2,1-3H3. The van der Waals surface area contributed by atoms with E-state index in [2.05, 4.69) is 59.2 Å². The van der Waals surface area contributed by atoms with Gasteiger partial charge in [-0.05, 0) is 37.3 Å². The highest BCUT2D eigenvalue weighted by molar-refractivity contribution is 5.61. The molecule has 0 radical (unpaired) electrons. The number of hydrogen-bond donors (Lipinski definition) is 2. The molecule has 0 amide bonds. The van der Waals surface area contributed by atoms with Gasteiger partial charge in [-0.1, -0.05) is 5.16 Å². The molecular weight excluding hydrogens is 522 g/mol. The van der Waals surface area contributed by atoms with Gasteiger partial charge in [-0.15, -0.1) is 0 Å². The van der Waals surface area contributed by atoms with Crippen molar-refractivity contribution in [2.45, 2.75) is 25.4 Å². The quantitative estimate of drug-likeness (QED) is 0.342. The summed E-state index contributed by atoms with van der Waals surface area (Å²) in [6, 6.07) is 11.1. The third-order valence-electron chi connectivity index (χ3n) is 7.61. The van der Waals surface area contributed by atoms with Gasteiger partial charge in [0.2, 0.25) is 17.7 Å². The van der Waals surface area contributed by atoms with Crippen molar-refractivity contribution in [1.82, 2.24) is 39.9 Å². The molecule has 0 aliphatic carbocycles.